The van der Waals surface area contributed by atoms with Crippen LogP contribution in [0.5, 0.6) is 0 Å². The highest BCUT2D eigenvalue weighted by atomic mass is 32.2. The predicted octanol–water partition coefficient (Wildman–Crippen LogP) is 5.79. The number of carbonyl (C=O) groups excluding carboxylic acids is 1. The van der Waals surface area contributed by atoms with Crippen molar-refractivity contribution in [3.8, 4) is 0 Å². The summed E-state index contributed by atoms with van der Waals surface area (Å²) in [6.07, 6.45) is 1.11. The summed E-state index contributed by atoms with van der Waals surface area (Å²) in [4.78, 5) is 16.9. The Morgan fingerprint density at radius 2 is 1.88 bits per heavy atom. The number of hydrogen-bond acceptors (Lipinski definition) is 3. The van der Waals surface area contributed by atoms with Gasteiger partial charge in [-0.05, 0) is 54.7 Å². The van der Waals surface area contributed by atoms with Gasteiger partial charge in [-0.3, -0.25) is 4.79 Å². The van der Waals surface area contributed by atoms with Crippen LogP contribution in [0.4, 0.5) is 5.69 Å². The van der Waals surface area contributed by atoms with Crippen LogP contribution in [-0.2, 0) is 4.79 Å². The quantitative estimate of drug-likeness (QED) is 0.563. The van der Waals surface area contributed by atoms with Crippen LogP contribution in [0.3, 0.4) is 0 Å². The molecule has 134 valence electrons. The van der Waals surface area contributed by atoms with Gasteiger partial charge in [0.15, 0.2) is 0 Å². The van der Waals surface area contributed by atoms with E-state index in [2.05, 4.69) is 49.3 Å². The zero-order valence-corrected chi connectivity index (χ0v) is 16.3. The molecule has 3 rings (SSSR count). The van der Waals surface area contributed by atoms with Crippen molar-refractivity contribution in [3.05, 3.63) is 65.7 Å². The number of para-hydroxylation sites is 1. The molecule has 0 bridgehead atoms. The Balaban J connectivity index is 1.60. The fraction of sp³-hybridized carbons (Fsp3) is 0.273. The molecule has 1 aromatic heterocycles. The number of aryl methyl sites for hydroxylation is 1. The van der Waals surface area contributed by atoms with Crippen LogP contribution in [0.15, 0.2) is 59.6 Å². The first-order valence-corrected chi connectivity index (χ1v) is 9.94. The Bertz CT molecular complexity index is 906. The molecule has 1 atom stereocenters. The molecule has 1 heterocycles. The first-order valence-electron chi connectivity index (χ1n) is 8.96. The molecule has 0 aliphatic heterocycles. The minimum Gasteiger partial charge on any atom is -0.325 e. The van der Waals surface area contributed by atoms with E-state index in [1.165, 1.54) is 22.9 Å². The molecule has 26 heavy (non-hydrogen) atoms. The molecule has 3 nitrogen and oxygen atoms in total. The van der Waals surface area contributed by atoms with E-state index in [-0.39, 0.29) is 5.91 Å². The van der Waals surface area contributed by atoms with E-state index in [1.54, 1.807) is 0 Å². The van der Waals surface area contributed by atoms with Crippen LogP contribution in [0.2, 0.25) is 0 Å². The van der Waals surface area contributed by atoms with Gasteiger partial charge < -0.3 is 5.32 Å². The van der Waals surface area contributed by atoms with E-state index in [0.29, 0.717) is 11.7 Å². The maximum Gasteiger partial charge on any atom is 0.234 e. The minimum atomic E-state index is -0.0149. The number of fused-ring (bicyclic) bond motifs is 1. The third kappa shape index (κ3) is 4.44. The lowest BCUT2D eigenvalue weighted by molar-refractivity contribution is -0.113. The standard InChI is InChI=1S/C22H24N2OS/c1-4-15(2)17-9-11-18(12-10-17)23-21(25)14-26-22-13-16(3)19-7-5-6-8-20(19)24-22/h5-13,15H,4,14H2,1-3H3,(H,23,25)/t15-/m1/s1. The molecule has 2 aromatic carbocycles. The lowest BCUT2D eigenvalue weighted by Gasteiger charge is -2.10. The van der Waals surface area contributed by atoms with E-state index < -0.39 is 0 Å². The van der Waals surface area contributed by atoms with Crippen molar-refractivity contribution < 1.29 is 4.79 Å². The highest BCUT2D eigenvalue weighted by molar-refractivity contribution is 7.99. The van der Waals surface area contributed by atoms with Crippen LogP contribution in [0.1, 0.15) is 37.3 Å². The monoisotopic (exact) mass is 364 g/mol. The molecular formula is C22H24N2OS. The van der Waals surface area contributed by atoms with Gasteiger partial charge >= 0.3 is 0 Å². The number of amides is 1. The Labute approximate surface area is 159 Å². The van der Waals surface area contributed by atoms with Crippen LogP contribution < -0.4 is 5.32 Å². The van der Waals surface area contributed by atoms with Crippen LogP contribution in [0, 0.1) is 6.92 Å². The first kappa shape index (κ1) is 18.5. The van der Waals surface area contributed by atoms with Crippen LogP contribution >= 0.6 is 11.8 Å². The van der Waals surface area contributed by atoms with Gasteiger partial charge in [-0.2, -0.15) is 0 Å². The lowest BCUT2D eigenvalue weighted by atomic mass is 9.99. The number of pyridine rings is 1. The Morgan fingerprint density at radius 3 is 2.62 bits per heavy atom. The molecule has 0 saturated carbocycles. The molecule has 0 saturated heterocycles. The Kier molecular flexibility index (Phi) is 5.94. The van der Waals surface area contributed by atoms with Crippen LogP contribution in [0.25, 0.3) is 10.9 Å². The zero-order chi connectivity index (χ0) is 18.5. The molecule has 0 aliphatic carbocycles. The molecule has 0 aliphatic rings. The second-order valence-electron chi connectivity index (χ2n) is 6.56. The smallest absolute Gasteiger partial charge is 0.234 e. The van der Waals surface area contributed by atoms with E-state index in [0.717, 1.165) is 28.0 Å². The van der Waals surface area contributed by atoms with Crippen molar-refractivity contribution in [2.24, 2.45) is 0 Å². The molecule has 0 unspecified atom stereocenters. The van der Waals surface area contributed by atoms with Gasteiger partial charge in [0.05, 0.1) is 16.3 Å². The lowest BCUT2D eigenvalue weighted by Crippen LogP contribution is -2.14. The number of rotatable bonds is 6. The van der Waals surface area contributed by atoms with E-state index >= 15 is 0 Å². The van der Waals surface area contributed by atoms with Crippen molar-refractivity contribution in [1.29, 1.82) is 0 Å². The van der Waals surface area contributed by atoms with Gasteiger partial charge in [-0.1, -0.05) is 55.9 Å². The van der Waals surface area contributed by atoms with E-state index in [1.807, 2.05) is 36.4 Å². The molecule has 3 aromatic rings. The Hall–Kier alpha value is -2.33. The normalized spacial score (nSPS) is 12.1. The first-order chi connectivity index (χ1) is 12.6. The average Bonchev–Trinajstić information content (AvgIpc) is 2.66. The van der Waals surface area contributed by atoms with Crippen molar-refractivity contribution in [3.63, 3.8) is 0 Å². The molecular weight excluding hydrogens is 340 g/mol. The summed E-state index contributed by atoms with van der Waals surface area (Å²) in [6, 6.07) is 18.2. The summed E-state index contributed by atoms with van der Waals surface area (Å²) in [5.41, 5.74) is 4.29. The van der Waals surface area contributed by atoms with Crippen LogP contribution in [-0.4, -0.2) is 16.6 Å². The van der Waals surface area contributed by atoms with Crippen molar-refractivity contribution in [2.75, 3.05) is 11.1 Å². The number of carbonyl (C=O) groups is 1. The SMILES string of the molecule is CC[C@@H](C)c1ccc(NC(=O)CSc2cc(C)c3ccccc3n2)cc1. The summed E-state index contributed by atoms with van der Waals surface area (Å²) >= 11 is 1.47. The zero-order valence-electron chi connectivity index (χ0n) is 15.5. The maximum atomic E-state index is 12.2. The summed E-state index contributed by atoms with van der Waals surface area (Å²) in [5.74, 6) is 0.870. The number of thioether (sulfide) groups is 1. The van der Waals surface area contributed by atoms with Gasteiger partial charge in [-0.25, -0.2) is 4.98 Å². The van der Waals surface area contributed by atoms with E-state index in [4.69, 9.17) is 0 Å². The highest BCUT2D eigenvalue weighted by Crippen LogP contribution is 2.24. The summed E-state index contributed by atoms with van der Waals surface area (Å²) in [7, 11) is 0. The minimum absolute atomic E-state index is 0.0149. The van der Waals surface area contributed by atoms with Crippen molar-refractivity contribution >= 4 is 34.3 Å². The summed E-state index contributed by atoms with van der Waals surface area (Å²) < 4.78 is 0. The van der Waals surface area contributed by atoms with Gasteiger partial charge in [0.2, 0.25) is 5.91 Å². The number of nitrogens with zero attached hydrogens (tertiary/aromatic N) is 1. The number of aromatic nitrogens is 1. The van der Waals surface area contributed by atoms with Gasteiger partial charge in [0.1, 0.15) is 0 Å². The van der Waals surface area contributed by atoms with Gasteiger partial charge in [0.25, 0.3) is 0 Å². The van der Waals surface area contributed by atoms with Crippen molar-refractivity contribution in [2.45, 2.75) is 38.1 Å². The number of hydrogen-bond donors (Lipinski definition) is 1. The second kappa shape index (κ2) is 8.37. The molecule has 0 fully saturated rings. The van der Waals surface area contributed by atoms with Gasteiger partial charge in [0, 0.05) is 11.1 Å². The van der Waals surface area contributed by atoms with E-state index in [9.17, 15) is 4.79 Å². The number of benzene rings is 2. The maximum absolute atomic E-state index is 12.2. The largest absolute Gasteiger partial charge is 0.325 e. The molecule has 0 radical (unpaired) electrons. The molecule has 1 amide bonds. The summed E-state index contributed by atoms with van der Waals surface area (Å²) in [6.45, 7) is 6.47. The third-order valence-corrected chi connectivity index (χ3v) is 5.54. The molecule has 0 spiro atoms. The number of anilines is 1. The average molecular weight is 365 g/mol. The number of nitrogens with one attached hydrogen (secondary N) is 1. The highest BCUT2D eigenvalue weighted by Gasteiger charge is 2.08. The predicted molar refractivity (Wildman–Crippen MR) is 111 cm³/mol. The Morgan fingerprint density at radius 1 is 1.15 bits per heavy atom. The fourth-order valence-corrected chi connectivity index (χ4v) is 3.63. The van der Waals surface area contributed by atoms with Crippen molar-refractivity contribution in [1.82, 2.24) is 4.98 Å². The fourth-order valence-electron chi connectivity index (χ4n) is 2.86. The molecule has 4 heteroatoms. The summed E-state index contributed by atoms with van der Waals surface area (Å²) in [5, 5.41) is 4.99. The second-order valence-corrected chi connectivity index (χ2v) is 7.56. The third-order valence-electron chi connectivity index (χ3n) is 4.63. The van der Waals surface area contributed by atoms with Gasteiger partial charge in [-0.15, -0.1) is 0 Å². The molecule has 1 N–H and O–H groups in total. The topological polar surface area (TPSA) is 42.0 Å².